The van der Waals surface area contributed by atoms with Crippen molar-refractivity contribution >= 4 is 17.9 Å². The Morgan fingerprint density at radius 2 is 0.563 bits per heavy atom. The zero-order chi connectivity index (χ0) is 51.4. The van der Waals surface area contributed by atoms with E-state index in [1.807, 2.05) is 0 Å². The molecule has 0 aliphatic rings. The van der Waals surface area contributed by atoms with Crippen molar-refractivity contribution in [3.63, 3.8) is 0 Å². The summed E-state index contributed by atoms with van der Waals surface area (Å²) >= 11 is 0. The molecular weight excluding hydrogens is 877 g/mol. The maximum absolute atomic E-state index is 12.7. The minimum Gasteiger partial charge on any atom is -0.462 e. The van der Waals surface area contributed by atoms with E-state index in [1.54, 1.807) is 0 Å². The third kappa shape index (κ3) is 56.1. The standard InChI is InChI=1S/C65H102O6/c1-4-7-10-13-16-18-20-22-24-25-26-27-28-29-30-31-32-33-34-35-36-37-38-39-40-41-42-44-45-47-49-52-55-58-64(67)70-61-62(60-69-63(66)57-54-51-15-12-9-6-3)71-65(68)59-56-53-50-48-46-43-23-21-19-17-14-11-8-5-2/h7,10,14,16-18,21-24,26-27,29-30,32-33,35-36,38-39,41-42,45,47,62H,4-6,8-9,11-13,15,19-20,25,28,31,34,37,40,43-44,46,48-61H2,1-3H3/b10-7-,17-14-,18-16-,23-21-,24-22-,27-26-,30-29-,33-32-,36-35-,39-38-,42-41-,47-45-. The monoisotopic (exact) mass is 979 g/mol. The molecule has 0 saturated heterocycles. The second-order valence-corrected chi connectivity index (χ2v) is 18.1. The van der Waals surface area contributed by atoms with E-state index in [4.69, 9.17) is 14.2 Å². The largest absolute Gasteiger partial charge is 0.462 e. The van der Waals surface area contributed by atoms with Crippen LogP contribution < -0.4 is 0 Å². The van der Waals surface area contributed by atoms with Crippen molar-refractivity contribution in [2.75, 3.05) is 13.2 Å². The van der Waals surface area contributed by atoms with Crippen molar-refractivity contribution in [2.24, 2.45) is 0 Å². The first-order valence-corrected chi connectivity index (χ1v) is 28.3. The van der Waals surface area contributed by atoms with Gasteiger partial charge in [0, 0.05) is 19.3 Å². The third-order valence-corrected chi connectivity index (χ3v) is 11.3. The lowest BCUT2D eigenvalue weighted by Gasteiger charge is -2.18. The number of allylic oxidation sites excluding steroid dienone is 24. The van der Waals surface area contributed by atoms with Gasteiger partial charge in [-0.1, -0.05) is 231 Å². The van der Waals surface area contributed by atoms with Crippen molar-refractivity contribution in [1.29, 1.82) is 0 Å². The van der Waals surface area contributed by atoms with Crippen LogP contribution in [0.3, 0.4) is 0 Å². The lowest BCUT2D eigenvalue weighted by molar-refractivity contribution is -0.167. The van der Waals surface area contributed by atoms with E-state index in [1.165, 1.54) is 38.5 Å². The number of carbonyl (C=O) groups excluding carboxylic acids is 3. The Balaban J connectivity index is 4.24. The highest BCUT2D eigenvalue weighted by Crippen LogP contribution is 2.12. The van der Waals surface area contributed by atoms with Gasteiger partial charge >= 0.3 is 17.9 Å². The average Bonchev–Trinajstić information content (AvgIpc) is 3.37. The van der Waals surface area contributed by atoms with Crippen LogP contribution in [-0.4, -0.2) is 37.2 Å². The second kappa shape index (κ2) is 57.9. The quantitative estimate of drug-likeness (QED) is 0.0262. The lowest BCUT2D eigenvalue weighted by Crippen LogP contribution is -2.30. The molecule has 0 heterocycles. The second-order valence-electron chi connectivity index (χ2n) is 18.1. The van der Waals surface area contributed by atoms with Crippen molar-refractivity contribution < 1.29 is 28.6 Å². The molecule has 1 unspecified atom stereocenters. The van der Waals surface area contributed by atoms with Gasteiger partial charge in [-0.2, -0.15) is 0 Å². The molecule has 0 aliphatic heterocycles. The summed E-state index contributed by atoms with van der Waals surface area (Å²) in [5.74, 6) is -0.982. The van der Waals surface area contributed by atoms with Crippen LogP contribution in [0.15, 0.2) is 146 Å². The minimum atomic E-state index is -0.804. The Morgan fingerprint density at radius 1 is 0.296 bits per heavy atom. The number of rotatable bonds is 49. The zero-order valence-corrected chi connectivity index (χ0v) is 45.4. The van der Waals surface area contributed by atoms with E-state index < -0.39 is 6.10 Å². The molecule has 398 valence electrons. The summed E-state index contributed by atoms with van der Waals surface area (Å²) in [7, 11) is 0. The Hall–Kier alpha value is -4.71. The van der Waals surface area contributed by atoms with E-state index in [0.717, 1.165) is 141 Å². The number of unbranched alkanes of at least 4 members (excludes halogenated alkanes) is 14. The number of carbonyl (C=O) groups is 3. The van der Waals surface area contributed by atoms with Gasteiger partial charge in [-0.25, -0.2) is 0 Å². The smallest absolute Gasteiger partial charge is 0.306 e. The van der Waals surface area contributed by atoms with Crippen LogP contribution in [-0.2, 0) is 28.6 Å². The maximum atomic E-state index is 12.7. The molecule has 0 aromatic heterocycles. The SMILES string of the molecule is CC/C=C\C/C=C\C/C=C\C/C=C\C/C=C\C/C=C\C/C=C\C/C=C\C/C=C\C/C=C\CCCCC(=O)OCC(COC(=O)CCCCCCCC)OC(=O)CCCCCCC/C=C\C/C=C\CCCC. The van der Waals surface area contributed by atoms with Gasteiger partial charge in [0.1, 0.15) is 13.2 Å². The first kappa shape index (κ1) is 66.3. The van der Waals surface area contributed by atoms with Gasteiger partial charge in [-0.05, 0) is 122 Å². The fraction of sp³-hybridized carbons (Fsp3) is 0.585. The highest BCUT2D eigenvalue weighted by Gasteiger charge is 2.19. The van der Waals surface area contributed by atoms with Crippen molar-refractivity contribution in [3.05, 3.63) is 146 Å². The molecule has 0 radical (unpaired) electrons. The third-order valence-electron chi connectivity index (χ3n) is 11.3. The maximum Gasteiger partial charge on any atom is 0.306 e. The molecule has 0 bridgehead atoms. The van der Waals surface area contributed by atoms with Crippen molar-refractivity contribution in [2.45, 2.75) is 232 Å². The summed E-state index contributed by atoms with van der Waals surface area (Å²) in [6, 6.07) is 0. The summed E-state index contributed by atoms with van der Waals surface area (Å²) in [5.41, 5.74) is 0. The summed E-state index contributed by atoms with van der Waals surface area (Å²) in [4.78, 5) is 37.8. The molecule has 0 amide bonds. The topological polar surface area (TPSA) is 78.9 Å². The van der Waals surface area contributed by atoms with Crippen LogP contribution in [0.25, 0.3) is 0 Å². The zero-order valence-electron chi connectivity index (χ0n) is 45.4. The number of hydrogen-bond donors (Lipinski definition) is 0. The molecular formula is C65H102O6. The van der Waals surface area contributed by atoms with Gasteiger partial charge in [0.15, 0.2) is 6.10 Å². The van der Waals surface area contributed by atoms with Gasteiger partial charge in [-0.3, -0.25) is 14.4 Å². The molecule has 1 atom stereocenters. The highest BCUT2D eigenvalue weighted by atomic mass is 16.6. The Morgan fingerprint density at radius 3 is 0.930 bits per heavy atom. The van der Waals surface area contributed by atoms with E-state index in [2.05, 4.69) is 167 Å². The molecule has 0 N–H and O–H groups in total. The van der Waals surface area contributed by atoms with Gasteiger partial charge < -0.3 is 14.2 Å². The molecule has 0 aromatic carbocycles. The summed E-state index contributed by atoms with van der Waals surface area (Å²) < 4.78 is 16.7. The molecule has 0 fully saturated rings. The Kier molecular flexibility index (Phi) is 54.0. The van der Waals surface area contributed by atoms with Crippen LogP contribution in [0.1, 0.15) is 226 Å². The van der Waals surface area contributed by atoms with Gasteiger partial charge in [0.05, 0.1) is 0 Å². The van der Waals surface area contributed by atoms with Crippen LogP contribution in [0, 0.1) is 0 Å². The summed E-state index contributed by atoms with van der Waals surface area (Å²) in [5, 5.41) is 0. The fourth-order valence-corrected chi connectivity index (χ4v) is 7.07. The van der Waals surface area contributed by atoms with Crippen molar-refractivity contribution in [1.82, 2.24) is 0 Å². The first-order chi connectivity index (χ1) is 35.0. The number of hydrogen-bond acceptors (Lipinski definition) is 6. The molecule has 71 heavy (non-hydrogen) atoms. The van der Waals surface area contributed by atoms with E-state index in [9.17, 15) is 14.4 Å². The van der Waals surface area contributed by atoms with Gasteiger partial charge in [-0.15, -0.1) is 0 Å². The number of esters is 3. The van der Waals surface area contributed by atoms with Crippen molar-refractivity contribution in [3.8, 4) is 0 Å². The van der Waals surface area contributed by atoms with Crippen LogP contribution in [0.2, 0.25) is 0 Å². The molecule has 0 saturated carbocycles. The summed E-state index contributed by atoms with van der Waals surface area (Å²) in [6.07, 6.45) is 83.0. The van der Waals surface area contributed by atoms with Crippen LogP contribution in [0.5, 0.6) is 0 Å². The van der Waals surface area contributed by atoms with E-state index >= 15 is 0 Å². The predicted molar refractivity (Wildman–Crippen MR) is 306 cm³/mol. The summed E-state index contributed by atoms with van der Waals surface area (Å²) in [6.45, 7) is 6.35. The highest BCUT2D eigenvalue weighted by molar-refractivity contribution is 5.71. The Labute approximate surface area is 436 Å². The predicted octanol–water partition coefficient (Wildman–Crippen LogP) is 19.2. The lowest BCUT2D eigenvalue weighted by atomic mass is 10.1. The molecule has 0 rings (SSSR count). The fourth-order valence-electron chi connectivity index (χ4n) is 7.07. The average molecular weight is 980 g/mol. The Bertz CT molecular complexity index is 1590. The first-order valence-electron chi connectivity index (χ1n) is 28.3. The normalized spacial score (nSPS) is 13.2. The van der Waals surface area contributed by atoms with Gasteiger partial charge in [0.25, 0.3) is 0 Å². The molecule has 6 nitrogen and oxygen atoms in total. The van der Waals surface area contributed by atoms with E-state index in [-0.39, 0.29) is 31.1 Å². The molecule has 0 aliphatic carbocycles. The minimum absolute atomic E-state index is 0.102. The van der Waals surface area contributed by atoms with Crippen LogP contribution in [0.4, 0.5) is 0 Å². The molecule has 0 aromatic rings. The van der Waals surface area contributed by atoms with Gasteiger partial charge in [0.2, 0.25) is 0 Å². The number of ether oxygens (including phenoxy) is 3. The van der Waals surface area contributed by atoms with Crippen LogP contribution >= 0.6 is 0 Å². The molecule has 0 spiro atoms. The molecule has 6 heteroatoms. The van der Waals surface area contributed by atoms with E-state index in [0.29, 0.717) is 25.7 Å².